The fourth-order valence-corrected chi connectivity index (χ4v) is 2.52. The van der Waals surface area contributed by atoms with Gasteiger partial charge in [0.15, 0.2) is 0 Å². The van der Waals surface area contributed by atoms with Crippen molar-refractivity contribution in [1.29, 1.82) is 0 Å². The minimum atomic E-state index is -0.975. The molecule has 0 heterocycles. The van der Waals surface area contributed by atoms with Gasteiger partial charge in [-0.1, -0.05) is 48.5 Å². The maximum absolute atomic E-state index is 12.5. The summed E-state index contributed by atoms with van der Waals surface area (Å²) in [5.41, 5.74) is 5.46. The molecule has 152 valence electrons. The molecule has 0 radical (unpaired) electrons. The van der Waals surface area contributed by atoms with Gasteiger partial charge in [0, 0.05) is 11.6 Å². The van der Waals surface area contributed by atoms with Crippen LogP contribution in [0.5, 0.6) is 0 Å². The average Bonchev–Trinajstić information content (AvgIpc) is 2.72. The first-order valence-corrected chi connectivity index (χ1v) is 9.17. The Hall–Kier alpha value is -3.68. The third-order valence-electron chi connectivity index (χ3n) is 3.87. The van der Waals surface area contributed by atoms with Crippen LogP contribution in [0.4, 0.5) is 0 Å². The number of nitrogens with one attached hydrogen (secondary N) is 4. The van der Waals surface area contributed by atoms with Crippen LogP contribution < -0.4 is 21.5 Å². The molecule has 1 atom stereocenters. The zero-order chi connectivity index (χ0) is 21.2. The Kier molecular flexibility index (Phi) is 7.90. The van der Waals surface area contributed by atoms with E-state index in [9.17, 15) is 19.2 Å². The minimum Gasteiger partial charge on any atom is -0.346 e. The average molecular weight is 396 g/mol. The van der Waals surface area contributed by atoms with Crippen LogP contribution in [0.25, 0.3) is 0 Å². The third-order valence-corrected chi connectivity index (χ3v) is 3.87. The number of carbonyl (C=O) groups excluding carboxylic acids is 4. The van der Waals surface area contributed by atoms with E-state index in [2.05, 4.69) is 21.5 Å². The van der Waals surface area contributed by atoms with Crippen molar-refractivity contribution < 1.29 is 19.2 Å². The molecule has 0 spiro atoms. The van der Waals surface area contributed by atoms with Crippen LogP contribution in [-0.2, 0) is 14.4 Å². The normalized spacial score (nSPS) is 11.3. The second-order valence-corrected chi connectivity index (χ2v) is 6.64. The Labute approximate surface area is 169 Å². The lowest BCUT2D eigenvalue weighted by atomic mass is 10.0. The lowest BCUT2D eigenvalue weighted by Gasteiger charge is -2.19. The first kappa shape index (κ1) is 21.6. The van der Waals surface area contributed by atoms with Gasteiger partial charge in [-0.3, -0.25) is 30.0 Å². The molecule has 0 aliphatic rings. The van der Waals surface area contributed by atoms with Crippen LogP contribution in [0.3, 0.4) is 0 Å². The summed E-state index contributed by atoms with van der Waals surface area (Å²) in [5, 5.41) is 5.24. The van der Waals surface area contributed by atoms with Crippen molar-refractivity contribution in [3.63, 3.8) is 0 Å². The highest BCUT2D eigenvalue weighted by Gasteiger charge is 2.20. The molecule has 0 unspecified atom stereocenters. The fourth-order valence-electron chi connectivity index (χ4n) is 2.52. The molecule has 0 saturated carbocycles. The highest BCUT2D eigenvalue weighted by molar-refractivity contribution is 6.35. The maximum atomic E-state index is 12.5. The van der Waals surface area contributed by atoms with Crippen LogP contribution in [0.1, 0.15) is 42.2 Å². The van der Waals surface area contributed by atoms with E-state index in [4.69, 9.17) is 0 Å². The Balaban J connectivity index is 2.00. The SMILES string of the molecule is CC(C)NC(=O)C(=O)NNC(=O)C[C@@H](NC(=O)c1ccccc1)c1ccccc1. The van der Waals surface area contributed by atoms with Crippen molar-refractivity contribution in [2.24, 2.45) is 0 Å². The topological polar surface area (TPSA) is 116 Å². The van der Waals surface area contributed by atoms with Crippen molar-refractivity contribution in [1.82, 2.24) is 21.5 Å². The number of hydrazine groups is 1. The van der Waals surface area contributed by atoms with Crippen LogP contribution in [0.15, 0.2) is 60.7 Å². The molecule has 2 aromatic carbocycles. The summed E-state index contributed by atoms with van der Waals surface area (Å²) < 4.78 is 0. The Morgan fingerprint density at radius 2 is 1.34 bits per heavy atom. The summed E-state index contributed by atoms with van der Waals surface area (Å²) in [4.78, 5) is 48.1. The van der Waals surface area contributed by atoms with Gasteiger partial charge in [-0.05, 0) is 31.5 Å². The molecule has 0 aliphatic heterocycles. The molecule has 0 aliphatic carbocycles. The predicted octanol–water partition coefficient (Wildman–Crippen LogP) is 1.22. The van der Waals surface area contributed by atoms with Crippen LogP contribution in [0.2, 0.25) is 0 Å². The first-order valence-electron chi connectivity index (χ1n) is 9.17. The van der Waals surface area contributed by atoms with Gasteiger partial charge in [-0.2, -0.15) is 0 Å². The lowest BCUT2D eigenvalue weighted by Crippen LogP contribution is -2.50. The molecular formula is C21H24N4O4. The summed E-state index contributed by atoms with van der Waals surface area (Å²) in [6.07, 6.45) is -0.130. The van der Waals surface area contributed by atoms with Crippen LogP contribution >= 0.6 is 0 Å². The zero-order valence-electron chi connectivity index (χ0n) is 16.3. The highest BCUT2D eigenvalue weighted by atomic mass is 16.2. The molecular weight excluding hydrogens is 372 g/mol. The van der Waals surface area contributed by atoms with E-state index in [1.807, 2.05) is 6.07 Å². The van der Waals surface area contributed by atoms with Gasteiger partial charge in [0.25, 0.3) is 5.91 Å². The van der Waals surface area contributed by atoms with Crippen LogP contribution in [-0.4, -0.2) is 29.7 Å². The van der Waals surface area contributed by atoms with E-state index in [0.29, 0.717) is 5.56 Å². The van der Waals surface area contributed by atoms with Gasteiger partial charge in [-0.15, -0.1) is 0 Å². The number of hydrogen-bond acceptors (Lipinski definition) is 4. The smallest absolute Gasteiger partial charge is 0.327 e. The van der Waals surface area contributed by atoms with Gasteiger partial charge in [0.2, 0.25) is 5.91 Å². The predicted molar refractivity (Wildman–Crippen MR) is 107 cm³/mol. The summed E-state index contributed by atoms with van der Waals surface area (Å²) in [7, 11) is 0. The molecule has 4 N–H and O–H groups in total. The summed E-state index contributed by atoms with van der Waals surface area (Å²) in [6.45, 7) is 3.42. The molecule has 8 nitrogen and oxygen atoms in total. The zero-order valence-corrected chi connectivity index (χ0v) is 16.3. The van der Waals surface area contributed by atoms with E-state index in [0.717, 1.165) is 5.56 Å². The van der Waals surface area contributed by atoms with Gasteiger partial charge in [-0.25, -0.2) is 0 Å². The number of amides is 4. The van der Waals surface area contributed by atoms with Gasteiger partial charge in [0.05, 0.1) is 12.5 Å². The quantitative estimate of drug-likeness (QED) is 0.434. The Bertz CT molecular complexity index is 853. The highest BCUT2D eigenvalue weighted by Crippen LogP contribution is 2.17. The summed E-state index contributed by atoms with van der Waals surface area (Å²) >= 11 is 0. The standard InChI is InChI=1S/C21H24N4O4/c1-14(2)22-20(28)21(29)25-24-18(26)13-17(15-9-5-3-6-10-15)23-19(27)16-11-7-4-8-12-16/h3-12,14,17H,13H2,1-2H3,(H,22,28)(H,23,27)(H,24,26)(H,25,29)/t17-/m1/s1. The van der Waals surface area contributed by atoms with Crippen molar-refractivity contribution in [3.05, 3.63) is 71.8 Å². The van der Waals surface area contributed by atoms with Gasteiger partial charge < -0.3 is 10.6 Å². The van der Waals surface area contributed by atoms with Gasteiger partial charge >= 0.3 is 11.8 Å². The third kappa shape index (κ3) is 7.10. The molecule has 2 aromatic rings. The second-order valence-electron chi connectivity index (χ2n) is 6.64. The Morgan fingerprint density at radius 3 is 1.93 bits per heavy atom. The lowest BCUT2D eigenvalue weighted by molar-refractivity contribution is -0.141. The molecule has 4 amide bonds. The van der Waals surface area contributed by atoms with E-state index in [1.165, 1.54) is 0 Å². The van der Waals surface area contributed by atoms with Gasteiger partial charge in [0.1, 0.15) is 0 Å². The van der Waals surface area contributed by atoms with Crippen molar-refractivity contribution in [3.8, 4) is 0 Å². The molecule has 8 heteroatoms. The maximum Gasteiger partial charge on any atom is 0.327 e. The molecule has 0 fully saturated rings. The molecule has 0 saturated heterocycles. The second kappa shape index (κ2) is 10.6. The number of rotatable bonds is 6. The summed E-state index contributed by atoms with van der Waals surface area (Å²) in [6, 6.07) is 16.8. The van der Waals surface area contributed by atoms with Crippen molar-refractivity contribution >= 4 is 23.6 Å². The van der Waals surface area contributed by atoms with E-state index in [-0.39, 0.29) is 18.4 Å². The Morgan fingerprint density at radius 1 is 0.759 bits per heavy atom. The number of carbonyl (C=O) groups is 4. The largest absolute Gasteiger partial charge is 0.346 e. The first-order chi connectivity index (χ1) is 13.9. The molecule has 29 heavy (non-hydrogen) atoms. The number of hydrogen-bond donors (Lipinski definition) is 4. The van der Waals surface area contributed by atoms with Crippen molar-refractivity contribution in [2.45, 2.75) is 32.4 Å². The minimum absolute atomic E-state index is 0.130. The monoisotopic (exact) mass is 396 g/mol. The van der Waals surface area contributed by atoms with Crippen molar-refractivity contribution in [2.75, 3.05) is 0 Å². The molecule has 0 bridgehead atoms. The van der Waals surface area contributed by atoms with E-state index in [1.54, 1.807) is 68.4 Å². The molecule has 2 rings (SSSR count). The fraction of sp³-hybridized carbons (Fsp3) is 0.238. The number of benzene rings is 2. The van der Waals surface area contributed by atoms with E-state index < -0.39 is 23.8 Å². The summed E-state index contributed by atoms with van der Waals surface area (Å²) in [5.74, 6) is -2.71. The van der Waals surface area contributed by atoms with Crippen LogP contribution in [0, 0.1) is 0 Å². The van der Waals surface area contributed by atoms with E-state index >= 15 is 0 Å². The molecule has 0 aromatic heterocycles.